The molecular formula is C12H9ClN2. The van der Waals surface area contributed by atoms with Crippen molar-refractivity contribution >= 4 is 22.5 Å². The first-order valence-electron chi connectivity index (χ1n) is 4.54. The van der Waals surface area contributed by atoms with E-state index in [4.69, 9.17) is 17.3 Å². The van der Waals surface area contributed by atoms with Crippen molar-refractivity contribution in [2.75, 3.05) is 6.54 Å². The maximum atomic E-state index is 6.02. The topological polar surface area (TPSA) is 38.9 Å². The van der Waals surface area contributed by atoms with Crippen LogP contribution in [0, 0.1) is 11.8 Å². The van der Waals surface area contributed by atoms with Crippen LogP contribution in [-0.2, 0) is 0 Å². The SMILES string of the molecule is NCC#Cc1ccc2c(Cl)ccnc2c1. The molecule has 1 aromatic carbocycles. The minimum Gasteiger partial charge on any atom is -0.320 e. The molecule has 0 atom stereocenters. The largest absolute Gasteiger partial charge is 0.320 e. The molecule has 0 aliphatic heterocycles. The van der Waals surface area contributed by atoms with Crippen LogP contribution in [-0.4, -0.2) is 11.5 Å². The summed E-state index contributed by atoms with van der Waals surface area (Å²) in [5.41, 5.74) is 7.06. The molecule has 0 radical (unpaired) electrons. The molecule has 2 aromatic rings. The van der Waals surface area contributed by atoms with E-state index in [9.17, 15) is 0 Å². The van der Waals surface area contributed by atoms with E-state index in [1.54, 1.807) is 12.3 Å². The van der Waals surface area contributed by atoms with Crippen LogP contribution in [0.5, 0.6) is 0 Å². The summed E-state index contributed by atoms with van der Waals surface area (Å²) in [6.07, 6.45) is 1.69. The number of pyridine rings is 1. The van der Waals surface area contributed by atoms with E-state index in [-0.39, 0.29) is 0 Å². The molecule has 74 valence electrons. The second-order valence-corrected chi connectivity index (χ2v) is 3.44. The van der Waals surface area contributed by atoms with E-state index in [1.807, 2.05) is 18.2 Å². The van der Waals surface area contributed by atoms with Crippen molar-refractivity contribution in [3.63, 3.8) is 0 Å². The lowest BCUT2D eigenvalue weighted by Gasteiger charge is -1.99. The van der Waals surface area contributed by atoms with Gasteiger partial charge in [-0.1, -0.05) is 29.5 Å². The first-order valence-corrected chi connectivity index (χ1v) is 4.92. The number of fused-ring (bicyclic) bond motifs is 1. The molecule has 1 aromatic heterocycles. The molecule has 0 saturated heterocycles. The lowest BCUT2D eigenvalue weighted by atomic mass is 10.1. The van der Waals surface area contributed by atoms with Gasteiger partial charge in [0, 0.05) is 17.1 Å². The zero-order chi connectivity index (χ0) is 10.7. The van der Waals surface area contributed by atoms with Gasteiger partial charge in [-0.15, -0.1) is 0 Å². The Bertz CT molecular complexity index is 552. The Hall–Kier alpha value is -1.56. The van der Waals surface area contributed by atoms with Crippen LogP contribution in [0.25, 0.3) is 10.9 Å². The molecule has 0 saturated carbocycles. The zero-order valence-corrected chi connectivity index (χ0v) is 8.75. The minimum atomic E-state index is 0.362. The van der Waals surface area contributed by atoms with Crippen LogP contribution >= 0.6 is 11.6 Å². The van der Waals surface area contributed by atoms with Crippen LogP contribution in [0.3, 0.4) is 0 Å². The van der Waals surface area contributed by atoms with Gasteiger partial charge in [-0.2, -0.15) is 0 Å². The number of rotatable bonds is 0. The summed E-state index contributed by atoms with van der Waals surface area (Å²) in [6.45, 7) is 0.362. The number of benzene rings is 1. The van der Waals surface area contributed by atoms with Gasteiger partial charge in [-0.05, 0) is 18.2 Å². The Kier molecular flexibility index (Phi) is 2.86. The Balaban J connectivity index is 2.57. The predicted octanol–water partition coefficient (Wildman–Crippen LogP) is 2.20. The number of halogens is 1. The summed E-state index contributed by atoms with van der Waals surface area (Å²) in [5.74, 6) is 5.76. The predicted molar refractivity (Wildman–Crippen MR) is 62.7 cm³/mol. The van der Waals surface area contributed by atoms with Crippen molar-refractivity contribution in [1.82, 2.24) is 4.98 Å². The van der Waals surface area contributed by atoms with Gasteiger partial charge in [0.2, 0.25) is 0 Å². The first-order chi connectivity index (χ1) is 7.31. The minimum absolute atomic E-state index is 0.362. The van der Waals surface area contributed by atoms with Gasteiger partial charge in [-0.25, -0.2) is 0 Å². The van der Waals surface area contributed by atoms with E-state index in [0.29, 0.717) is 11.6 Å². The van der Waals surface area contributed by atoms with Gasteiger partial charge >= 0.3 is 0 Å². The third kappa shape index (κ3) is 2.10. The lowest BCUT2D eigenvalue weighted by Crippen LogP contribution is -1.93. The number of aromatic nitrogens is 1. The second-order valence-electron chi connectivity index (χ2n) is 3.03. The fraction of sp³-hybridized carbons (Fsp3) is 0.0833. The van der Waals surface area contributed by atoms with Crippen LogP contribution in [0.15, 0.2) is 30.5 Å². The Morgan fingerprint density at radius 3 is 3.00 bits per heavy atom. The van der Waals surface area contributed by atoms with Gasteiger partial charge in [0.1, 0.15) is 0 Å². The smallest absolute Gasteiger partial charge is 0.0729 e. The third-order valence-electron chi connectivity index (χ3n) is 2.02. The average Bonchev–Trinajstić information content (AvgIpc) is 2.26. The summed E-state index contributed by atoms with van der Waals surface area (Å²) in [5, 5.41) is 1.65. The quantitative estimate of drug-likeness (QED) is 0.686. The van der Waals surface area contributed by atoms with Crippen molar-refractivity contribution in [3.8, 4) is 11.8 Å². The van der Waals surface area contributed by atoms with Gasteiger partial charge in [0.25, 0.3) is 0 Å². The third-order valence-corrected chi connectivity index (χ3v) is 2.35. The molecule has 2 N–H and O–H groups in total. The fourth-order valence-electron chi connectivity index (χ4n) is 1.34. The van der Waals surface area contributed by atoms with E-state index < -0.39 is 0 Å². The highest BCUT2D eigenvalue weighted by molar-refractivity contribution is 6.35. The van der Waals surface area contributed by atoms with Crippen molar-refractivity contribution < 1.29 is 0 Å². The normalized spacial score (nSPS) is 9.73. The van der Waals surface area contributed by atoms with Crippen LogP contribution in [0.1, 0.15) is 5.56 Å². The molecule has 0 spiro atoms. The van der Waals surface area contributed by atoms with Crippen molar-refractivity contribution in [2.45, 2.75) is 0 Å². The molecule has 1 heterocycles. The molecule has 3 heteroatoms. The van der Waals surface area contributed by atoms with Crippen LogP contribution < -0.4 is 5.73 Å². The van der Waals surface area contributed by atoms with E-state index in [2.05, 4.69) is 16.8 Å². The summed E-state index contributed by atoms with van der Waals surface area (Å²) in [4.78, 5) is 4.23. The molecule has 0 unspecified atom stereocenters. The molecule has 15 heavy (non-hydrogen) atoms. The van der Waals surface area contributed by atoms with Gasteiger partial charge < -0.3 is 5.73 Å². The molecule has 2 nitrogen and oxygen atoms in total. The highest BCUT2D eigenvalue weighted by Crippen LogP contribution is 2.21. The second kappa shape index (κ2) is 4.31. The summed E-state index contributed by atoms with van der Waals surface area (Å²) < 4.78 is 0. The molecule has 0 aliphatic rings. The molecule has 0 fully saturated rings. The van der Waals surface area contributed by atoms with Crippen molar-refractivity contribution in [3.05, 3.63) is 41.0 Å². The zero-order valence-electron chi connectivity index (χ0n) is 8.00. The van der Waals surface area contributed by atoms with Crippen molar-refractivity contribution in [2.24, 2.45) is 5.73 Å². The first kappa shape index (κ1) is 9.97. The Labute approximate surface area is 93.1 Å². The van der Waals surface area contributed by atoms with E-state index in [1.165, 1.54) is 0 Å². The highest BCUT2D eigenvalue weighted by atomic mass is 35.5. The molecular weight excluding hydrogens is 208 g/mol. The lowest BCUT2D eigenvalue weighted by molar-refractivity contribution is 1.30. The number of hydrogen-bond acceptors (Lipinski definition) is 2. The number of hydrogen-bond donors (Lipinski definition) is 1. The molecule has 2 rings (SSSR count). The average molecular weight is 217 g/mol. The number of nitrogens with zero attached hydrogens (tertiary/aromatic N) is 1. The van der Waals surface area contributed by atoms with Crippen LogP contribution in [0.4, 0.5) is 0 Å². The Morgan fingerprint density at radius 1 is 1.33 bits per heavy atom. The van der Waals surface area contributed by atoms with Crippen LogP contribution in [0.2, 0.25) is 5.02 Å². The monoisotopic (exact) mass is 216 g/mol. The Morgan fingerprint density at radius 2 is 2.20 bits per heavy atom. The molecule has 0 aliphatic carbocycles. The summed E-state index contributed by atoms with van der Waals surface area (Å²) in [6, 6.07) is 7.52. The number of nitrogens with two attached hydrogens (primary N) is 1. The fourth-order valence-corrected chi connectivity index (χ4v) is 1.56. The summed E-state index contributed by atoms with van der Waals surface area (Å²) >= 11 is 6.02. The molecule has 0 amide bonds. The molecule has 0 bridgehead atoms. The van der Waals surface area contributed by atoms with Crippen molar-refractivity contribution in [1.29, 1.82) is 0 Å². The van der Waals surface area contributed by atoms with E-state index in [0.717, 1.165) is 16.5 Å². The summed E-state index contributed by atoms with van der Waals surface area (Å²) in [7, 11) is 0. The maximum absolute atomic E-state index is 6.02. The standard InChI is InChI=1S/C12H9ClN2/c13-11-5-7-15-12-8-9(2-1-6-14)3-4-10(11)12/h3-5,7-8H,6,14H2. The maximum Gasteiger partial charge on any atom is 0.0729 e. The van der Waals surface area contributed by atoms with E-state index >= 15 is 0 Å². The van der Waals surface area contributed by atoms with Gasteiger partial charge in [0.15, 0.2) is 0 Å². The van der Waals surface area contributed by atoms with Gasteiger partial charge in [0.05, 0.1) is 17.1 Å². The highest BCUT2D eigenvalue weighted by Gasteiger charge is 1.99. The van der Waals surface area contributed by atoms with Gasteiger partial charge in [-0.3, -0.25) is 4.98 Å².